The van der Waals surface area contributed by atoms with Gasteiger partial charge in [0.05, 0.1) is 6.54 Å². The molecule has 102 valence electrons. The van der Waals surface area contributed by atoms with Crippen LogP contribution in [-0.4, -0.2) is 18.4 Å². The Morgan fingerprint density at radius 2 is 1.84 bits per heavy atom. The highest BCUT2D eigenvalue weighted by Gasteiger charge is 2.25. The molecule has 19 heavy (non-hydrogen) atoms. The molecule has 0 unspecified atom stereocenters. The van der Waals surface area contributed by atoms with Gasteiger partial charge in [0.1, 0.15) is 5.82 Å². The molecule has 0 radical (unpaired) electrons. The average Bonchev–Trinajstić information content (AvgIpc) is 2.33. The van der Waals surface area contributed by atoms with Crippen molar-refractivity contribution in [2.75, 3.05) is 6.54 Å². The quantitative estimate of drug-likeness (QED) is 0.843. The van der Waals surface area contributed by atoms with Crippen LogP contribution in [0.5, 0.6) is 0 Å². The van der Waals surface area contributed by atoms with Gasteiger partial charge in [-0.25, -0.2) is 4.39 Å². The fourth-order valence-corrected chi connectivity index (χ4v) is 1.85. The number of carbonyl (C=O) groups is 2. The maximum Gasteiger partial charge on any atom is 0.239 e. The lowest BCUT2D eigenvalue weighted by molar-refractivity contribution is -0.130. The standard InChI is InChI=1S/C14H17FN2O2/c15-12-6-4-10(5-7-12)8-16-13(18)9-17-14(19)11-2-1-3-11/h4-7,11H,1-3,8-9H2,(H,16,18)(H,17,19). The maximum absolute atomic E-state index is 12.7. The number of rotatable bonds is 5. The van der Waals surface area contributed by atoms with Crippen LogP contribution < -0.4 is 10.6 Å². The van der Waals surface area contributed by atoms with Gasteiger partial charge in [0.15, 0.2) is 0 Å². The van der Waals surface area contributed by atoms with Crippen LogP contribution in [0.4, 0.5) is 4.39 Å². The fourth-order valence-electron chi connectivity index (χ4n) is 1.85. The molecule has 0 atom stereocenters. The van der Waals surface area contributed by atoms with Gasteiger partial charge in [-0.05, 0) is 30.5 Å². The second-order valence-corrected chi connectivity index (χ2v) is 4.75. The number of carbonyl (C=O) groups excluding carboxylic acids is 2. The molecule has 0 aliphatic heterocycles. The number of hydrogen-bond donors (Lipinski definition) is 2. The van der Waals surface area contributed by atoms with E-state index in [4.69, 9.17) is 0 Å². The molecule has 0 bridgehead atoms. The van der Waals surface area contributed by atoms with Gasteiger partial charge in [-0.3, -0.25) is 9.59 Å². The Balaban J connectivity index is 1.66. The smallest absolute Gasteiger partial charge is 0.239 e. The van der Waals surface area contributed by atoms with E-state index in [1.807, 2.05) is 0 Å². The summed E-state index contributed by atoms with van der Waals surface area (Å²) in [5.74, 6) is -0.493. The van der Waals surface area contributed by atoms with Crippen LogP contribution >= 0.6 is 0 Å². The third-order valence-electron chi connectivity index (χ3n) is 3.30. The second kappa shape index (κ2) is 6.31. The van der Waals surface area contributed by atoms with Gasteiger partial charge in [0.2, 0.25) is 11.8 Å². The lowest BCUT2D eigenvalue weighted by Gasteiger charge is -2.23. The first-order valence-corrected chi connectivity index (χ1v) is 6.44. The van der Waals surface area contributed by atoms with Gasteiger partial charge in [0.25, 0.3) is 0 Å². The Kier molecular flexibility index (Phi) is 4.49. The molecule has 2 rings (SSSR count). The van der Waals surface area contributed by atoms with Crippen LogP contribution in [0.25, 0.3) is 0 Å². The fraction of sp³-hybridized carbons (Fsp3) is 0.429. The van der Waals surface area contributed by atoms with Crippen molar-refractivity contribution in [2.24, 2.45) is 5.92 Å². The van der Waals surface area contributed by atoms with Crippen molar-refractivity contribution in [1.82, 2.24) is 10.6 Å². The van der Waals surface area contributed by atoms with Gasteiger partial charge in [-0.15, -0.1) is 0 Å². The molecular formula is C14H17FN2O2. The summed E-state index contributed by atoms with van der Waals surface area (Å²) in [5, 5.41) is 5.29. The molecule has 1 aromatic carbocycles. The monoisotopic (exact) mass is 264 g/mol. The molecule has 0 spiro atoms. The van der Waals surface area contributed by atoms with Gasteiger partial charge >= 0.3 is 0 Å². The highest BCUT2D eigenvalue weighted by molar-refractivity contribution is 5.86. The van der Waals surface area contributed by atoms with Crippen molar-refractivity contribution < 1.29 is 14.0 Å². The van der Waals surface area contributed by atoms with Crippen molar-refractivity contribution in [3.63, 3.8) is 0 Å². The van der Waals surface area contributed by atoms with E-state index < -0.39 is 0 Å². The van der Waals surface area contributed by atoms with Crippen LogP contribution in [0.3, 0.4) is 0 Å². The van der Waals surface area contributed by atoms with E-state index in [1.165, 1.54) is 12.1 Å². The summed E-state index contributed by atoms with van der Waals surface area (Å²) in [6, 6.07) is 5.92. The van der Waals surface area contributed by atoms with E-state index in [9.17, 15) is 14.0 Å². The molecule has 1 aliphatic carbocycles. The van der Waals surface area contributed by atoms with Crippen LogP contribution in [0.1, 0.15) is 24.8 Å². The summed E-state index contributed by atoms with van der Waals surface area (Å²) < 4.78 is 12.7. The molecular weight excluding hydrogens is 247 g/mol. The van der Waals surface area contributed by atoms with Crippen LogP contribution in [0.15, 0.2) is 24.3 Å². The van der Waals surface area contributed by atoms with E-state index in [2.05, 4.69) is 10.6 Å². The van der Waals surface area contributed by atoms with Gasteiger partial charge in [0, 0.05) is 12.5 Å². The highest BCUT2D eigenvalue weighted by atomic mass is 19.1. The SMILES string of the molecule is O=C(CNC(=O)C1CCC1)NCc1ccc(F)cc1. The zero-order valence-corrected chi connectivity index (χ0v) is 10.6. The number of hydrogen-bond acceptors (Lipinski definition) is 2. The Morgan fingerprint density at radius 3 is 2.42 bits per heavy atom. The van der Waals surface area contributed by atoms with Crippen molar-refractivity contribution in [3.05, 3.63) is 35.6 Å². The number of benzene rings is 1. The summed E-state index contributed by atoms with van der Waals surface area (Å²) in [6.07, 6.45) is 2.93. The topological polar surface area (TPSA) is 58.2 Å². The second-order valence-electron chi connectivity index (χ2n) is 4.75. The lowest BCUT2D eigenvalue weighted by atomic mass is 9.85. The Labute approximate surface area is 111 Å². The number of amides is 2. The zero-order chi connectivity index (χ0) is 13.7. The molecule has 2 N–H and O–H groups in total. The molecule has 1 saturated carbocycles. The molecule has 1 aromatic rings. The number of nitrogens with one attached hydrogen (secondary N) is 2. The first kappa shape index (κ1) is 13.5. The van der Waals surface area contributed by atoms with E-state index in [0.717, 1.165) is 24.8 Å². The number of halogens is 1. The van der Waals surface area contributed by atoms with E-state index in [1.54, 1.807) is 12.1 Å². The van der Waals surface area contributed by atoms with E-state index >= 15 is 0 Å². The van der Waals surface area contributed by atoms with Crippen LogP contribution in [0, 0.1) is 11.7 Å². The van der Waals surface area contributed by atoms with Gasteiger partial charge in [-0.2, -0.15) is 0 Å². The third kappa shape index (κ3) is 4.05. The van der Waals surface area contributed by atoms with Crippen molar-refractivity contribution in [2.45, 2.75) is 25.8 Å². The predicted octanol–water partition coefficient (Wildman–Crippen LogP) is 1.36. The maximum atomic E-state index is 12.7. The predicted molar refractivity (Wildman–Crippen MR) is 68.6 cm³/mol. The largest absolute Gasteiger partial charge is 0.350 e. The molecule has 5 heteroatoms. The first-order chi connectivity index (χ1) is 9.15. The average molecular weight is 264 g/mol. The minimum absolute atomic E-state index is 0.00344. The lowest BCUT2D eigenvalue weighted by Crippen LogP contribution is -2.41. The molecule has 1 aliphatic rings. The molecule has 0 heterocycles. The van der Waals surface area contributed by atoms with E-state index in [0.29, 0.717) is 6.54 Å². The summed E-state index contributed by atoms with van der Waals surface area (Å²) in [5.41, 5.74) is 0.820. The van der Waals surface area contributed by atoms with Crippen LogP contribution in [-0.2, 0) is 16.1 Å². The first-order valence-electron chi connectivity index (χ1n) is 6.44. The Morgan fingerprint density at radius 1 is 1.16 bits per heavy atom. The van der Waals surface area contributed by atoms with Crippen molar-refractivity contribution >= 4 is 11.8 Å². The Bertz CT molecular complexity index is 455. The van der Waals surface area contributed by atoms with Gasteiger partial charge < -0.3 is 10.6 Å². The van der Waals surface area contributed by atoms with Gasteiger partial charge in [-0.1, -0.05) is 18.6 Å². The summed E-state index contributed by atoms with van der Waals surface area (Å²) in [7, 11) is 0. The molecule has 0 aromatic heterocycles. The zero-order valence-electron chi connectivity index (χ0n) is 10.6. The summed E-state index contributed by atoms with van der Waals surface area (Å²) >= 11 is 0. The summed E-state index contributed by atoms with van der Waals surface area (Å²) in [4.78, 5) is 23.0. The normalized spacial score (nSPS) is 14.6. The van der Waals surface area contributed by atoms with Crippen LogP contribution in [0.2, 0.25) is 0 Å². The summed E-state index contributed by atoms with van der Waals surface area (Å²) in [6.45, 7) is 0.328. The minimum Gasteiger partial charge on any atom is -0.350 e. The van der Waals surface area contributed by atoms with Crippen molar-refractivity contribution in [3.8, 4) is 0 Å². The molecule has 0 saturated heterocycles. The molecule has 2 amide bonds. The third-order valence-corrected chi connectivity index (χ3v) is 3.30. The minimum atomic E-state index is -0.303. The Hall–Kier alpha value is -1.91. The highest BCUT2D eigenvalue weighted by Crippen LogP contribution is 2.25. The van der Waals surface area contributed by atoms with Crippen molar-refractivity contribution in [1.29, 1.82) is 0 Å². The molecule has 4 nitrogen and oxygen atoms in total. The molecule has 1 fully saturated rings. The van der Waals surface area contributed by atoms with E-state index in [-0.39, 0.29) is 30.1 Å².